The fraction of sp³-hybridized carbons (Fsp3) is 0. The minimum Gasteiger partial charge on any atom is -0.255 e. The van der Waals surface area contributed by atoms with Gasteiger partial charge in [-0.15, -0.1) is 0 Å². The molecule has 0 saturated carbocycles. The van der Waals surface area contributed by atoms with Crippen LogP contribution < -0.4 is 0 Å². The van der Waals surface area contributed by atoms with Crippen LogP contribution >= 0.6 is 0 Å². The van der Waals surface area contributed by atoms with Crippen molar-refractivity contribution in [3.05, 3.63) is 0 Å². The van der Waals surface area contributed by atoms with Gasteiger partial charge in [-0.05, 0) is 0 Å². The van der Waals surface area contributed by atoms with Crippen LogP contribution in [-0.4, -0.2) is 10.5 Å². The molecule has 20 valence electrons. The van der Waals surface area contributed by atoms with Gasteiger partial charge in [0.1, 0.15) is 0 Å². The van der Waals surface area contributed by atoms with Crippen LogP contribution in [0.5, 0.6) is 0 Å². The summed E-state index contributed by atoms with van der Waals surface area (Å²) in [7, 11) is 0. The standard InChI is InChI=1S/H2O2.3Zn/c1-2;;;/h1-2H;;;. The van der Waals surface area contributed by atoms with Crippen LogP contribution in [0.25, 0.3) is 0 Å². The second-order valence-electron chi connectivity index (χ2n) is 0. The molecule has 2 nitrogen and oxygen atoms in total. The Balaban J connectivity index is -0.00000000167. The SMILES string of the molecule is OO.[Zn].[Zn].[Zn]. The third-order valence-electron chi connectivity index (χ3n) is 0. The second-order valence-corrected chi connectivity index (χ2v) is 0. The van der Waals surface area contributed by atoms with Gasteiger partial charge < -0.3 is 0 Å². The van der Waals surface area contributed by atoms with Crippen molar-refractivity contribution in [1.29, 1.82) is 0 Å². The number of hydrogen-bond donors (Lipinski definition) is 2. The first kappa shape index (κ1) is 29.2. The van der Waals surface area contributed by atoms with Crippen LogP contribution in [0.15, 0.2) is 0 Å². The predicted molar refractivity (Wildman–Crippen MR) is 5.26 cm³/mol. The smallest absolute Gasteiger partial charge is 0 e. The van der Waals surface area contributed by atoms with Crippen molar-refractivity contribution in [2.24, 2.45) is 0 Å². The molecule has 0 spiro atoms. The molecule has 0 aromatic heterocycles. The molecule has 0 rings (SSSR count). The predicted octanol–water partition coefficient (Wildman–Crippen LogP) is 0.00990. The Bertz CT molecular complexity index is 4.85. The van der Waals surface area contributed by atoms with Crippen molar-refractivity contribution in [2.45, 2.75) is 0 Å². The molecule has 0 bridgehead atoms. The van der Waals surface area contributed by atoms with Crippen LogP contribution in [0.1, 0.15) is 0 Å². The Morgan fingerprint density at radius 3 is 0.600 bits per heavy atom. The van der Waals surface area contributed by atoms with Crippen molar-refractivity contribution < 1.29 is 68.9 Å². The molecule has 0 fully saturated rings. The number of rotatable bonds is 0. The monoisotopic (exact) mass is 226 g/mol. The quantitative estimate of drug-likeness (QED) is 0.349. The van der Waals surface area contributed by atoms with E-state index in [1.807, 2.05) is 0 Å². The molecule has 0 aliphatic heterocycles. The van der Waals surface area contributed by atoms with E-state index in [1.165, 1.54) is 0 Å². The molecule has 0 atom stereocenters. The van der Waals surface area contributed by atoms with Gasteiger partial charge in [0.05, 0.1) is 0 Å². The minimum atomic E-state index is 0. The Morgan fingerprint density at radius 2 is 0.600 bits per heavy atom. The zero-order chi connectivity index (χ0) is 2.00. The van der Waals surface area contributed by atoms with Gasteiger partial charge in [0, 0.05) is 58.4 Å². The Hall–Kier alpha value is 1.79. The third kappa shape index (κ3) is 26.0. The van der Waals surface area contributed by atoms with E-state index in [2.05, 4.69) is 0 Å². The van der Waals surface area contributed by atoms with Gasteiger partial charge >= 0.3 is 0 Å². The van der Waals surface area contributed by atoms with Gasteiger partial charge in [0.25, 0.3) is 0 Å². The fourth-order valence-corrected chi connectivity index (χ4v) is 0. The van der Waals surface area contributed by atoms with Crippen LogP contribution in [0.3, 0.4) is 0 Å². The van der Waals surface area contributed by atoms with Crippen LogP contribution in [0, 0.1) is 0 Å². The largest absolute Gasteiger partial charge is 0.255 e. The Morgan fingerprint density at radius 1 is 0.600 bits per heavy atom. The zero-order valence-electron chi connectivity index (χ0n) is 3.02. The molecule has 0 aliphatic carbocycles. The second kappa shape index (κ2) is 41.5. The summed E-state index contributed by atoms with van der Waals surface area (Å²) < 4.78 is 0. The van der Waals surface area contributed by atoms with E-state index in [1.54, 1.807) is 0 Å². The summed E-state index contributed by atoms with van der Waals surface area (Å²) in [4.78, 5) is 0. The van der Waals surface area contributed by atoms with E-state index >= 15 is 0 Å². The minimum absolute atomic E-state index is 0. The molecule has 0 heterocycles. The molecule has 0 aromatic carbocycles. The fourth-order valence-electron chi connectivity index (χ4n) is 0. The van der Waals surface area contributed by atoms with Gasteiger partial charge in [-0.1, -0.05) is 0 Å². The molecule has 0 radical (unpaired) electrons. The zero-order valence-corrected chi connectivity index (χ0v) is 11.9. The van der Waals surface area contributed by atoms with E-state index in [-0.39, 0.29) is 58.4 Å². The average Bonchev–Trinajstić information content (AvgIpc) is 1.00. The Labute approximate surface area is 68.5 Å². The van der Waals surface area contributed by atoms with Crippen molar-refractivity contribution in [1.82, 2.24) is 0 Å². The molecule has 0 amide bonds. The van der Waals surface area contributed by atoms with E-state index in [0.717, 1.165) is 0 Å². The summed E-state index contributed by atoms with van der Waals surface area (Å²) in [6, 6.07) is 0. The van der Waals surface area contributed by atoms with Crippen LogP contribution in [0.2, 0.25) is 0 Å². The van der Waals surface area contributed by atoms with E-state index in [4.69, 9.17) is 10.5 Å². The summed E-state index contributed by atoms with van der Waals surface area (Å²) in [5.74, 6) is 0. The molecule has 2 N–H and O–H groups in total. The average molecular weight is 230 g/mol. The normalized spacial score (nSPS) is 1.20. The maximum absolute atomic E-state index is 6.00. The summed E-state index contributed by atoms with van der Waals surface area (Å²) in [6.45, 7) is 0. The molecule has 0 unspecified atom stereocenters. The first-order valence-corrected chi connectivity index (χ1v) is 0.200. The molecule has 0 aliphatic rings. The first-order valence-electron chi connectivity index (χ1n) is 0.200. The van der Waals surface area contributed by atoms with E-state index in [0.29, 0.717) is 0 Å². The third-order valence-corrected chi connectivity index (χ3v) is 0. The summed E-state index contributed by atoms with van der Waals surface area (Å²) in [5, 5.41) is 12.0. The van der Waals surface area contributed by atoms with Gasteiger partial charge in [-0.3, -0.25) is 10.5 Å². The van der Waals surface area contributed by atoms with E-state index < -0.39 is 0 Å². The van der Waals surface area contributed by atoms with Crippen LogP contribution in [0.4, 0.5) is 0 Å². The first-order chi connectivity index (χ1) is 1.00. The molecule has 0 aromatic rings. The molecule has 0 saturated heterocycles. The molecular formula is H2O2Zn3. The molecule has 5 heteroatoms. The maximum Gasteiger partial charge on any atom is 0 e. The van der Waals surface area contributed by atoms with Gasteiger partial charge in [-0.2, -0.15) is 0 Å². The van der Waals surface area contributed by atoms with Gasteiger partial charge in [-0.25, -0.2) is 0 Å². The van der Waals surface area contributed by atoms with Crippen molar-refractivity contribution in [3.8, 4) is 0 Å². The number of hydrogen-bond acceptors (Lipinski definition) is 2. The van der Waals surface area contributed by atoms with Gasteiger partial charge in [0.15, 0.2) is 0 Å². The molecule has 5 heavy (non-hydrogen) atoms. The van der Waals surface area contributed by atoms with Crippen molar-refractivity contribution in [2.75, 3.05) is 0 Å². The van der Waals surface area contributed by atoms with E-state index in [9.17, 15) is 0 Å². The molecular weight excluding hydrogens is 228 g/mol. The summed E-state index contributed by atoms with van der Waals surface area (Å²) in [6.07, 6.45) is 0. The van der Waals surface area contributed by atoms with Crippen LogP contribution in [-0.2, 0) is 58.4 Å². The topological polar surface area (TPSA) is 40.5 Å². The maximum atomic E-state index is 6.00. The summed E-state index contributed by atoms with van der Waals surface area (Å²) >= 11 is 0. The van der Waals surface area contributed by atoms with Crippen molar-refractivity contribution in [3.63, 3.8) is 0 Å². The van der Waals surface area contributed by atoms with Gasteiger partial charge in [0.2, 0.25) is 0 Å². The Kier molecular flexibility index (Phi) is 242. The summed E-state index contributed by atoms with van der Waals surface area (Å²) in [5.41, 5.74) is 0. The van der Waals surface area contributed by atoms with Crippen molar-refractivity contribution >= 4 is 0 Å².